The Morgan fingerprint density at radius 3 is 3.00 bits per heavy atom. The van der Waals surface area contributed by atoms with Gasteiger partial charge in [-0.1, -0.05) is 0 Å². The fourth-order valence-electron chi connectivity index (χ4n) is 2.64. The molecule has 1 atom stereocenters. The van der Waals surface area contributed by atoms with Gasteiger partial charge in [0.25, 0.3) is 0 Å². The molecular weight excluding hydrogens is 268 g/mol. The van der Waals surface area contributed by atoms with Gasteiger partial charge in [-0.25, -0.2) is 9.97 Å². The molecule has 3 rings (SSSR count). The Morgan fingerprint density at radius 1 is 1.43 bits per heavy atom. The van der Waals surface area contributed by atoms with E-state index in [1.807, 2.05) is 20.8 Å². The average Bonchev–Trinajstić information content (AvgIpc) is 3.05. The molecule has 2 aromatic rings. The lowest BCUT2D eigenvalue weighted by Crippen LogP contribution is -2.44. The van der Waals surface area contributed by atoms with Crippen molar-refractivity contribution >= 4 is 22.8 Å². The van der Waals surface area contributed by atoms with Gasteiger partial charge < -0.3 is 10.2 Å². The molecule has 0 spiro atoms. The molecule has 7 heteroatoms. The summed E-state index contributed by atoms with van der Waals surface area (Å²) in [4.78, 5) is 22.9. The predicted octanol–water partition coefficient (Wildman–Crippen LogP) is 1.09. The first-order valence-electron chi connectivity index (χ1n) is 7.15. The van der Waals surface area contributed by atoms with E-state index in [0.717, 1.165) is 29.8 Å². The molecule has 21 heavy (non-hydrogen) atoms. The minimum Gasteiger partial charge on any atom is -0.355 e. The molecule has 1 amide bonds. The summed E-state index contributed by atoms with van der Waals surface area (Å²) in [7, 11) is 0. The lowest BCUT2D eigenvalue weighted by molar-refractivity contribution is -0.125. The van der Waals surface area contributed by atoms with Crippen molar-refractivity contribution in [2.24, 2.45) is 5.92 Å². The topological polar surface area (TPSA) is 86.8 Å². The van der Waals surface area contributed by atoms with Crippen molar-refractivity contribution in [3.63, 3.8) is 0 Å². The second-order valence-corrected chi connectivity index (χ2v) is 6.50. The number of carbonyl (C=O) groups is 1. The number of hydrogen-bond donors (Lipinski definition) is 2. The van der Waals surface area contributed by atoms with Gasteiger partial charge in [0.15, 0.2) is 5.65 Å². The van der Waals surface area contributed by atoms with Crippen LogP contribution in [-0.2, 0) is 4.79 Å². The molecule has 7 nitrogen and oxygen atoms in total. The SMILES string of the molecule is CC(C)(C)NC(=O)C1CCN(c2ncnc3[nH]ncc23)C1. The maximum Gasteiger partial charge on any atom is 0.225 e. The van der Waals surface area contributed by atoms with Crippen molar-refractivity contribution in [3.8, 4) is 0 Å². The number of amides is 1. The fourth-order valence-corrected chi connectivity index (χ4v) is 2.64. The van der Waals surface area contributed by atoms with E-state index in [0.29, 0.717) is 6.54 Å². The molecule has 1 unspecified atom stereocenters. The first kappa shape index (κ1) is 13.8. The highest BCUT2D eigenvalue weighted by molar-refractivity contribution is 5.87. The largest absolute Gasteiger partial charge is 0.355 e. The van der Waals surface area contributed by atoms with Crippen LogP contribution in [0, 0.1) is 5.92 Å². The molecule has 2 N–H and O–H groups in total. The average molecular weight is 288 g/mol. The Morgan fingerprint density at radius 2 is 2.24 bits per heavy atom. The summed E-state index contributed by atoms with van der Waals surface area (Å²) in [6.45, 7) is 7.49. The van der Waals surface area contributed by atoms with Crippen molar-refractivity contribution in [1.29, 1.82) is 0 Å². The van der Waals surface area contributed by atoms with E-state index in [-0.39, 0.29) is 17.4 Å². The first-order valence-corrected chi connectivity index (χ1v) is 7.15. The van der Waals surface area contributed by atoms with Gasteiger partial charge in [-0.3, -0.25) is 9.89 Å². The number of H-pyrrole nitrogens is 1. The molecule has 0 aliphatic carbocycles. The lowest BCUT2D eigenvalue weighted by Gasteiger charge is -2.23. The van der Waals surface area contributed by atoms with E-state index in [1.165, 1.54) is 6.33 Å². The molecule has 1 saturated heterocycles. The summed E-state index contributed by atoms with van der Waals surface area (Å²) < 4.78 is 0. The highest BCUT2D eigenvalue weighted by Crippen LogP contribution is 2.27. The molecule has 2 aromatic heterocycles. The fraction of sp³-hybridized carbons (Fsp3) is 0.571. The molecular formula is C14H20N6O. The molecule has 1 fully saturated rings. The van der Waals surface area contributed by atoms with Crippen molar-refractivity contribution in [1.82, 2.24) is 25.5 Å². The van der Waals surface area contributed by atoms with Crippen LogP contribution >= 0.6 is 0 Å². The van der Waals surface area contributed by atoms with E-state index in [2.05, 4.69) is 30.4 Å². The molecule has 0 aromatic carbocycles. The van der Waals surface area contributed by atoms with E-state index in [4.69, 9.17) is 0 Å². The van der Waals surface area contributed by atoms with Gasteiger partial charge in [0.1, 0.15) is 12.1 Å². The second-order valence-electron chi connectivity index (χ2n) is 6.50. The van der Waals surface area contributed by atoms with Crippen LogP contribution in [0.2, 0.25) is 0 Å². The summed E-state index contributed by atoms with van der Waals surface area (Å²) in [6.07, 6.45) is 4.09. The van der Waals surface area contributed by atoms with Crippen LogP contribution in [0.3, 0.4) is 0 Å². The third-order valence-electron chi connectivity index (χ3n) is 3.58. The van der Waals surface area contributed by atoms with Crippen LogP contribution in [0.25, 0.3) is 11.0 Å². The second kappa shape index (κ2) is 4.98. The van der Waals surface area contributed by atoms with Gasteiger partial charge in [0.2, 0.25) is 5.91 Å². The lowest BCUT2D eigenvalue weighted by atomic mass is 10.0. The number of fused-ring (bicyclic) bond motifs is 1. The van der Waals surface area contributed by atoms with Gasteiger partial charge in [0.05, 0.1) is 17.5 Å². The van der Waals surface area contributed by atoms with E-state index in [1.54, 1.807) is 6.20 Å². The van der Waals surface area contributed by atoms with Crippen LogP contribution < -0.4 is 10.2 Å². The maximum atomic E-state index is 12.3. The number of carbonyl (C=O) groups excluding carboxylic acids is 1. The van der Waals surface area contributed by atoms with Gasteiger partial charge >= 0.3 is 0 Å². The standard InChI is InChI=1S/C14H20N6O/c1-14(2,3)18-13(21)9-4-5-20(7-9)12-10-6-17-19-11(10)15-8-16-12/h6,8-9H,4-5,7H2,1-3H3,(H,18,21)(H,15,16,17,19). The number of nitrogens with zero attached hydrogens (tertiary/aromatic N) is 4. The zero-order valence-electron chi connectivity index (χ0n) is 12.6. The Hall–Kier alpha value is -2.18. The van der Waals surface area contributed by atoms with Crippen molar-refractivity contribution in [2.45, 2.75) is 32.7 Å². The normalized spacial score (nSPS) is 19.2. The smallest absolute Gasteiger partial charge is 0.225 e. The third-order valence-corrected chi connectivity index (χ3v) is 3.58. The number of aromatic amines is 1. The molecule has 3 heterocycles. The number of aromatic nitrogens is 4. The van der Waals surface area contributed by atoms with Crippen molar-refractivity contribution < 1.29 is 4.79 Å². The quantitative estimate of drug-likeness (QED) is 0.864. The highest BCUT2D eigenvalue weighted by atomic mass is 16.2. The Labute approximate surface area is 123 Å². The van der Waals surface area contributed by atoms with Gasteiger partial charge in [0, 0.05) is 18.6 Å². The molecule has 1 aliphatic heterocycles. The van der Waals surface area contributed by atoms with Crippen molar-refractivity contribution in [2.75, 3.05) is 18.0 Å². The molecule has 0 saturated carbocycles. The number of rotatable bonds is 2. The predicted molar refractivity (Wildman–Crippen MR) is 79.9 cm³/mol. The molecule has 1 aliphatic rings. The number of anilines is 1. The maximum absolute atomic E-state index is 12.3. The number of nitrogens with one attached hydrogen (secondary N) is 2. The van der Waals surface area contributed by atoms with Crippen LogP contribution in [0.1, 0.15) is 27.2 Å². The van der Waals surface area contributed by atoms with E-state index < -0.39 is 0 Å². The van der Waals surface area contributed by atoms with Crippen molar-refractivity contribution in [3.05, 3.63) is 12.5 Å². The molecule has 0 radical (unpaired) electrons. The minimum atomic E-state index is -0.197. The van der Waals surface area contributed by atoms with Gasteiger partial charge in [-0.05, 0) is 27.2 Å². The van der Waals surface area contributed by atoms with E-state index >= 15 is 0 Å². The van der Waals surface area contributed by atoms with Crippen LogP contribution in [-0.4, -0.2) is 44.7 Å². The van der Waals surface area contributed by atoms with Crippen LogP contribution in [0.4, 0.5) is 5.82 Å². The van der Waals surface area contributed by atoms with Crippen LogP contribution in [0.15, 0.2) is 12.5 Å². The van der Waals surface area contributed by atoms with Gasteiger partial charge in [-0.15, -0.1) is 0 Å². The summed E-state index contributed by atoms with van der Waals surface area (Å²) >= 11 is 0. The Balaban J connectivity index is 1.75. The number of hydrogen-bond acceptors (Lipinski definition) is 5. The summed E-state index contributed by atoms with van der Waals surface area (Å²) in [5.41, 5.74) is 0.527. The summed E-state index contributed by atoms with van der Waals surface area (Å²) in [5, 5.41) is 10.8. The highest BCUT2D eigenvalue weighted by Gasteiger charge is 2.31. The minimum absolute atomic E-state index is 0.00106. The summed E-state index contributed by atoms with van der Waals surface area (Å²) in [5.74, 6) is 0.962. The van der Waals surface area contributed by atoms with Crippen LogP contribution in [0.5, 0.6) is 0 Å². The zero-order chi connectivity index (χ0) is 15.0. The zero-order valence-corrected chi connectivity index (χ0v) is 12.6. The third kappa shape index (κ3) is 2.81. The van der Waals surface area contributed by atoms with E-state index in [9.17, 15) is 4.79 Å². The van der Waals surface area contributed by atoms with Gasteiger partial charge in [-0.2, -0.15) is 5.10 Å². The summed E-state index contributed by atoms with van der Waals surface area (Å²) in [6, 6.07) is 0. The molecule has 0 bridgehead atoms. The Kier molecular flexibility index (Phi) is 3.27. The monoisotopic (exact) mass is 288 g/mol. The Bertz CT molecular complexity index is 659. The first-order chi connectivity index (χ1) is 9.94. The molecule has 112 valence electrons.